The lowest BCUT2D eigenvalue weighted by Gasteiger charge is -2.38. The highest BCUT2D eigenvalue weighted by atomic mass is 19.4. The highest BCUT2D eigenvalue weighted by molar-refractivity contribution is 5.98. The molecule has 1 atom stereocenters. The number of likely N-dealkylation sites (N-methyl/N-ethyl adjacent to an activating group) is 1. The summed E-state index contributed by atoms with van der Waals surface area (Å²) in [6, 6.07) is 18.9. The van der Waals surface area contributed by atoms with Gasteiger partial charge in [-0.15, -0.1) is 0 Å². The summed E-state index contributed by atoms with van der Waals surface area (Å²) in [5.41, 5.74) is -1.20. The Morgan fingerprint density at radius 2 is 1.73 bits per heavy atom. The van der Waals surface area contributed by atoms with Crippen LogP contribution in [0, 0.1) is 17.2 Å². The molecule has 1 aliphatic carbocycles. The molecule has 232 valence electrons. The van der Waals surface area contributed by atoms with Crippen LogP contribution in [0.1, 0.15) is 59.2 Å². The van der Waals surface area contributed by atoms with Crippen LogP contribution in [0.3, 0.4) is 0 Å². The minimum atomic E-state index is -4.79. The van der Waals surface area contributed by atoms with Crippen molar-refractivity contribution in [1.82, 2.24) is 10.2 Å². The van der Waals surface area contributed by atoms with Gasteiger partial charge in [0.15, 0.2) is 0 Å². The molecule has 1 fully saturated rings. The molecule has 7 nitrogen and oxygen atoms in total. The third kappa shape index (κ3) is 7.84. The number of alkyl halides is 3. The van der Waals surface area contributed by atoms with Crippen molar-refractivity contribution in [3.63, 3.8) is 0 Å². The Hall–Kier alpha value is -4.20. The molecule has 10 heteroatoms. The summed E-state index contributed by atoms with van der Waals surface area (Å²) < 4.78 is 40.8. The van der Waals surface area contributed by atoms with Gasteiger partial charge in [-0.1, -0.05) is 55.7 Å². The fraction of sp³-hybridized carbons (Fsp3) is 0.382. The largest absolute Gasteiger partial charge is 0.417 e. The van der Waals surface area contributed by atoms with E-state index in [0.29, 0.717) is 37.1 Å². The first kappa shape index (κ1) is 32.7. The SMILES string of the molecule is CN(C)CCNC(=O)c1cccc(-c2ccccc2CC(O)(C(=O)Nc2ccc(C#N)c(C(F)(F)F)c2)C2CCCCC2)c1. The molecule has 1 aliphatic rings. The molecular formula is C34H37F3N4O3. The second kappa shape index (κ2) is 14.1. The summed E-state index contributed by atoms with van der Waals surface area (Å²) in [6.45, 7) is 1.18. The Morgan fingerprint density at radius 3 is 2.41 bits per heavy atom. The third-order valence-electron chi connectivity index (χ3n) is 8.13. The number of anilines is 1. The molecule has 3 N–H and O–H groups in total. The Morgan fingerprint density at radius 1 is 1.00 bits per heavy atom. The topological polar surface area (TPSA) is 105 Å². The van der Waals surface area contributed by atoms with Gasteiger partial charge in [0.05, 0.1) is 17.2 Å². The van der Waals surface area contributed by atoms with Gasteiger partial charge in [-0.2, -0.15) is 18.4 Å². The zero-order chi connectivity index (χ0) is 31.9. The van der Waals surface area contributed by atoms with Crippen LogP contribution in [0.5, 0.6) is 0 Å². The van der Waals surface area contributed by atoms with E-state index in [9.17, 15) is 27.9 Å². The van der Waals surface area contributed by atoms with Crippen LogP contribution in [-0.2, 0) is 17.4 Å². The first-order chi connectivity index (χ1) is 20.9. The van der Waals surface area contributed by atoms with Crippen molar-refractivity contribution >= 4 is 17.5 Å². The van der Waals surface area contributed by atoms with Crippen molar-refractivity contribution in [2.24, 2.45) is 5.92 Å². The van der Waals surface area contributed by atoms with Crippen molar-refractivity contribution in [1.29, 1.82) is 5.26 Å². The second-order valence-electron chi connectivity index (χ2n) is 11.6. The van der Waals surface area contributed by atoms with Crippen molar-refractivity contribution in [2.45, 2.75) is 50.3 Å². The molecule has 3 aromatic rings. The van der Waals surface area contributed by atoms with Gasteiger partial charge in [0.25, 0.3) is 11.8 Å². The first-order valence-electron chi connectivity index (χ1n) is 14.7. The number of halogens is 3. The number of carbonyl (C=O) groups is 2. The van der Waals surface area contributed by atoms with Crippen molar-refractivity contribution in [3.05, 3.63) is 89.0 Å². The molecular weight excluding hydrogens is 569 g/mol. The van der Waals surface area contributed by atoms with Crippen LogP contribution < -0.4 is 10.6 Å². The number of benzene rings is 3. The van der Waals surface area contributed by atoms with Gasteiger partial charge in [-0.3, -0.25) is 9.59 Å². The minimum Gasteiger partial charge on any atom is -0.379 e. The monoisotopic (exact) mass is 606 g/mol. The molecule has 0 radical (unpaired) electrons. The quantitative estimate of drug-likeness (QED) is 0.262. The Labute approximate surface area is 255 Å². The van der Waals surface area contributed by atoms with E-state index in [4.69, 9.17) is 5.26 Å². The average Bonchev–Trinajstić information content (AvgIpc) is 3.01. The maximum atomic E-state index is 13.8. The predicted molar refractivity (Wildman–Crippen MR) is 163 cm³/mol. The maximum Gasteiger partial charge on any atom is 0.417 e. The average molecular weight is 607 g/mol. The Balaban J connectivity index is 1.66. The van der Waals surface area contributed by atoms with Crippen LogP contribution in [0.25, 0.3) is 11.1 Å². The third-order valence-corrected chi connectivity index (χ3v) is 8.13. The number of hydrogen-bond donors (Lipinski definition) is 3. The van der Waals surface area contributed by atoms with E-state index in [2.05, 4.69) is 10.6 Å². The minimum absolute atomic E-state index is 0.0820. The van der Waals surface area contributed by atoms with Crippen LogP contribution in [0.15, 0.2) is 66.7 Å². The zero-order valence-corrected chi connectivity index (χ0v) is 24.9. The van der Waals surface area contributed by atoms with E-state index < -0.39 is 34.7 Å². The molecule has 44 heavy (non-hydrogen) atoms. The molecule has 0 bridgehead atoms. The molecule has 1 saturated carbocycles. The molecule has 0 spiro atoms. The van der Waals surface area contributed by atoms with Crippen LogP contribution in [-0.4, -0.2) is 54.6 Å². The van der Waals surface area contributed by atoms with Gasteiger partial charge in [0.2, 0.25) is 0 Å². The number of nitrogens with one attached hydrogen (secondary N) is 2. The molecule has 3 aromatic carbocycles. The summed E-state index contributed by atoms with van der Waals surface area (Å²) in [6.07, 6.45) is -1.07. The van der Waals surface area contributed by atoms with Crippen LogP contribution in [0.2, 0.25) is 0 Å². The summed E-state index contributed by atoms with van der Waals surface area (Å²) >= 11 is 0. The number of carbonyl (C=O) groups excluding carboxylic acids is 2. The Kier molecular flexibility index (Phi) is 10.4. The van der Waals surface area contributed by atoms with E-state index in [1.807, 2.05) is 43.3 Å². The molecule has 0 aromatic heterocycles. The van der Waals surface area contributed by atoms with E-state index in [1.54, 1.807) is 24.3 Å². The fourth-order valence-electron chi connectivity index (χ4n) is 5.75. The normalized spacial score (nSPS) is 15.3. The number of hydrogen-bond acceptors (Lipinski definition) is 5. The van der Waals surface area contributed by atoms with Crippen molar-refractivity contribution in [2.75, 3.05) is 32.5 Å². The number of nitrogens with zero attached hydrogens (tertiary/aromatic N) is 2. The highest BCUT2D eigenvalue weighted by Crippen LogP contribution is 2.39. The first-order valence-corrected chi connectivity index (χ1v) is 14.7. The smallest absolute Gasteiger partial charge is 0.379 e. The van der Waals surface area contributed by atoms with Gasteiger partial charge in [-0.05, 0) is 79.9 Å². The van der Waals surface area contributed by atoms with Gasteiger partial charge in [0.1, 0.15) is 5.60 Å². The van der Waals surface area contributed by atoms with Gasteiger partial charge in [0, 0.05) is 30.8 Å². The number of amides is 2. The van der Waals surface area contributed by atoms with E-state index in [0.717, 1.165) is 42.5 Å². The zero-order valence-electron chi connectivity index (χ0n) is 24.9. The van der Waals surface area contributed by atoms with Gasteiger partial charge in [-0.25, -0.2) is 0 Å². The Bertz CT molecular complexity index is 1530. The van der Waals surface area contributed by atoms with Gasteiger partial charge < -0.3 is 20.6 Å². The molecule has 1 unspecified atom stereocenters. The molecule has 0 heterocycles. The molecule has 4 rings (SSSR count). The molecule has 0 aliphatic heterocycles. The lowest BCUT2D eigenvalue weighted by Crippen LogP contribution is -2.51. The standard InChI is InChI=1S/C34H37F3N4O3/c1-41(2)18-17-39-31(42)24-11-8-10-23(19-24)29-14-7-6-9-25(29)21-33(44,27-12-4-3-5-13-27)32(43)40-28-16-15-26(22-38)30(20-28)34(35,36)37/h6-11,14-16,19-20,27,44H,3-5,12-13,17-18,21H2,1-2H3,(H,39,42)(H,40,43). The summed E-state index contributed by atoms with van der Waals surface area (Å²) in [5.74, 6) is -1.44. The summed E-state index contributed by atoms with van der Waals surface area (Å²) in [4.78, 5) is 28.6. The molecule has 2 amide bonds. The molecule has 0 saturated heterocycles. The van der Waals surface area contributed by atoms with Crippen molar-refractivity contribution < 1.29 is 27.9 Å². The van der Waals surface area contributed by atoms with Crippen LogP contribution in [0.4, 0.5) is 18.9 Å². The maximum absolute atomic E-state index is 13.8. The highest BCUT2D eigenvalue weighted by Gasteiger charge is 2.45. The van der Waals surface area contributed by atoms with Crippen LogP contribution >= 0.6 is 0 Å². The fourth-order valence-corrected chi connectivity index (χ4v) is 5.75. The van der Waals surface area contributed by atoms with Crippen molar-refractivity contribution in [3.8, 4) is 17.2 Å². The van der Waals surface area contributed by atoms with E-state index in [-0.39, 0.29) is 18.0 Å². The second-order valence-corrected chi connectivity index (χ2v) is 11.6. The van der Waals surface area contributed by atoms with Gasteiger partial charge >= 0.3 is 6.18 Å². The number of rotatable bonds is 10. The summed E-state index contributed by atoms with van der Waals surface area (Å²) in [5, 5.41) is 26.7. The lowest BCUT2D eigenvalue weighted by atomic mass is 9.72. The number of aliphatic hydroxyl groups is 1. The van der Waals surface area contributed by atoms with E-state index >= 15 is 0 Å². The van der Waals surface area contributed by atoms with E-state index in [1.165, 1.54) is 12.1 Å². The summed E-state index contributed by atoms with van der Waals surface area (Å²) in [7, 11) is 3.84. The lowest BCUT2D eigenvalue weighted by molar-refractivity contribution is -0.142. The predicted octanol–water partition coefficient (Wildman–Crippen LogP) is 6.03. The number of nitriles is 1.